The fourth-order valence-electron chi connectivity index (χ4n) is 3.71. The summed E-state index contributed by atoms with van der Waals surface area (Å²) in [6.07, 6.45) is 6.32. The van der Waals surface area contributed by atoms with E-state index in [1.54, 1.807) is 0 Å². The third-order valence-corrected chi connectivity index (χ3v) is 7.01. The van der Waals surface area contributed by atoms with Gasteiger partial charge < -0.3 is 15.8 Å². The average Bonchev–Trinajstić information content (AvgIpc) is 2.61. The normalized spacial score (nSPS) is 16.0. The molecule has 2 unspecified atom stereocenters. The number of ether oxygens (including phenoxy) is 1. The van der Waals surface area contributed by atoms with Crippen molar-refractivity contribution in [3.05, 3.63) is 0 Å². The largest absolute Gasteiger partial charge is 0.465 e. The van der Waals surface area contributed by atoms with Crippen LogP contribution in [0.5, 0.6) is 0 Å². The van der Waals surface area contributed by atoms with E-state index in [2.05, 4.69) is 60.7 Å². The summed E-state index contributed by atoms with van der Waals surface area (Å²) in [5, 5.41) is 3.25. The summed E-state index contributed by atoms with van der Waals surface area (Å²) in [6, 6.07) is 0. The van der Waals surface area contributed by atoms with Crippen molar-refractivity contribution in [2.24, 2.45) is 27.9 Å². The molecule has 0 aliphatic rings. The predicted molar refractivity (Wildman–Crippen MR) is 117 cm³/mol. The zero-order valence-electron chi connectivity index (χ0n) is 19.5. The molecule has 2 atom stereocenters. The molecule has 0 aliphatic heterocycles. The van der Waals surface area contributed by atoms with E-state index in [9.17, 15) is 4.79 Å². The van der Waals surface area contributed by atoms with Crippen LogP contribution < -0.4 is 11.1 Å². The Labute approximate surface area is 169 Å². The van der Waals surface area contributed by atoms with Crippen LogP contribution in [0.4, 0.5) is 0 Å². The Bertz CT molecular complexity index is 421. The zero-order valence-corrected chi connectivity index (χ0v) is 19.5. The van der Waals surface area contributed by atoms with E-state index in [1.807, 2.05) is 0 Å². The Morgan fingerprint density at radius 2 is 1.70 bits per heavy atom. The lowest BCUT2D eigenvalue weighted by atomic mass is 9.57. The number of nitrogens with two attached hydrogens (primary N) is 1. The summed E-state index contributed by atoms with van der Waals surface area (Å²) in [4.78, 5) is 13.2. The molecule has 0 aliphatic carbocycles. The van der Waals surface area contributed by atoms with E-state index >= 15 is 0 Å². The number of esters is 1. The summed E-state index contributed by atoms with van der Waals surface area (Å²) >= 11 is 0. The maximum Gasteiger partial charge on any atom is 0.312 e. The molecule has 0 aromatic rings. The Balaban J connectivity index is 5.12. The van der Waals surface area contributed by atoms with Crippen molar-refractivity contribution in [3.63, 3.8) is 0 Å². The molecule has 0 heterocycles. The van der Waals surface area contributed by atoms with Crippen LogP contribution in [0.2, 0.25) is 0 Å². The number of hydrogen-bond acceptors (Lipinski definition) is 4. The number of carbonyl (C=O) groups excluding carboxylic acids is 1. The number of rotatable bonds is 15. The number of nitrogens with one attached hydrogen (secondary N) is 1. The Kier molecular flexibility index (Phi) is 11.8. The minimum atomic E-state index is -0.490. The van der Waals surface area contributed by atoms with E-state index in [0.717, 1.165) is 32.4 Å². The molecule has 27 heavy (non-hydrogen) atoms. The van der Waals surface area contributed by atoms with Gasteiger partial charge in [-0.2, -0.15) is 0 Å². The zero-order chi connectivity index (χ0) is 21.1. The van der Waals surface area contributed by atoms with E-state index in [4.69, 9.17) is 10.5 Å². The molecule has 4 nitrogen and oxygen atoms in total. The van der Waals surface area contributed by atoms with Crippen molar-refractivity contribution in [1.29, 1.82) is 0 Å². The molecule has 0 fully saturated rings. The minimum Gasteiger partial charge on any atom is -0.465 e. The van der Waals surface area contributed by atoms with Crippen LogP contribution in [-0.2, 0) is 9.53 Å². The molecular weight excluding hydrogens is 336 g/mol. The van der Waals surface area contributed by atoms with Gasteiger partial charge in [0, 0.05) is 13.1 Å². The number of carbonyl (C=O) groups is 1. The van der Waals surface area contributed by atoms with Crippen LogP contribution in [0.3, 0.4) is 0 Å². The van der Waals surface area contributed by atoms with Gasteiger partial charge in [0.05, 0.1) is 12.0 Å². The van der Waals surface area contributed by atoms with Gasteiger partial charge in [0.1, 0.15) is 0 Å². The van der Waals surface area contributed by atoms with E-state index in [0.29, 0.717) is 19.1 Å². The van der Waals surface area contributed by atoms with Gasteiger partial charge in [0.25, 0.3) is 0 Å². The SMILES string of the molecule is CCCCC(C)C(C)(C)CC(C)(C(=O)OCCCNCCN)C(C)(C)CC. The summed E-state index contributed by atoms with van der Waals surface area (Å²) in [6.45, 7) is 20.7. The molecule has 0 aromatic carbocycles. The smallest absolute Gasteiger partial charge is 0.312 e. The van der Waals surface area contributed by atoms with Crippen LogP contribution in [0.25, 0.3) is 0 Å². The van der Waals surface area contributed by atoms with Crippen molar-refractivity contribution >= 4 is 5.97 Å². The van der Waals surface area contributed by atoms with Gasteiger partial charge in [-0.05, 0) is 49.5 Å². The Hall–Kier alpha value is -0.610. The van der Waals surface area contributed by atoms with Crippen LogP contribution in [0.1, 0.15) is 93.9 Å². The number of unbranched alkanes of at least 4 members (excludes halogenated alkanes) is 1. The average molecular weight is 385 g/mol. The first-order valence-corrected chi connectivity index (χ1v) is 11.1. The second kappa shape index (κ2) is 12.1. The molecule has 0 radical (unpaired) electrons. The van der Waals surface area contributed by atoms with Gasteiger partial charge in [-0.1, -0.05) is 67.7 Å². The summed E-state index contributed by atoms with van der Waals surface area (Å²) in [7, 11) is 0. The van der Waals surface area contributed by atoms with Crippen molar-refractivity contribution < 1.29 is 9.53 Å². The monoisotopic (exact) mass is 384 g/mol. The van der Waals surface area contributed by atoms with Crippen LogP contribution >= 0.6 is 0 Å². The Morgan fingerprint density at radius 1 is 1.07 bits per heavy atom. The van der Waals surface area contributed by atoms with E-state index in [-0.39, 0.29) is 16.8 Å². The lowest BCUT2D eigenvalue weighted by Crippen LogP contribution is -2.47. The molecule has 0 saturated heterocycles. The topological polar surface area (TPSA) is 64.3 Å². The highest BCUT2D eigenvalue weighted by atomic mass is 16.5. The second-order valence-corrected chi connectivity index (χ2v) is 9.81. The fraction of sp³-hybridized carbons (Fsp3) is 0.957. The highest BCUT2D eigenvalue weighted by molar-refractivity contribution is 5.77. The summed E-state index contributed by atoms with van der Waals surface area (Å²) in [5.74, 6) is 0.543. The van der Waals surface area contributed by atoms with Crippen LogP contribution in [-0.4, -0.2) is 32.2 Å². The number of hydrogen-bond donors (Lipinski definition) is 2. The Morgan fingerprint density at radius 3 is 2.22 bits per heavy atom. The minimum absolute atomic E-state index is 0.0380. The standard InChI is InChI=1S/C23H48N2O2/c1-9-11-13-19(3)21(4,5)18-23(8,22(6,7)10-2)20(26)27-17-12-15-25-16-14-24/h19,25H,9-18,24H2,1-8H3. The van der Waals surface area contributed by atoms with Gasteiger partial charge in [0.2, 0.25) is 0 Å². The molecule has 0 aromatic heterocycles. The van der Waals surface area contributed by atoms with Gasteiger partial charge in [-0.3, -0.25) is 4.79 Å². The summed E-state index contributed by atoms with van der Waals surface area (Å²) < 4.78 is 5.77. The quantitative estimate of drug-likeness (QED) is 0.302. The molecule has 0 rings (SSSR count). The van der Waals surface area contributed by atoms with E-state index in [1.165, 1.54) is 19.3 Å². The highest BCUT2D eigenvalue weighted by Gasteiger charge is 2.50. The second-order valence-electron chi connectivity index (χ2n) is 9.81. The maximum absolute atomic E-state index is 13.2. The summed E-state index contributed by atoms with van der Waals surface area (Å²) in [5.41, 5.74) is 4.98. The highest BCUT2D eigenvalue weighted by Crippen LogP contribution is 2.52. The molecule has 4 heteroatoms. The lowest BCUT2D eigenvalue weighted by molar-refractivity contribution is -0.167. The van der Waals surface area contributed by atoms with Crippen molar-refractivity contribution in [1.82, 2.24) is 5.32 Å². The van der Waals surface area contributed by atoms with Gasteiger partial charge in [-0.25, -0.2) is 0 Å². The molecule has 0 bridgehead atoms. The molecule has 0 amide bonds. The third kappa shape index (κ3) is 8.11. The van der Waals surface area contributed by atoms with Gasteiger partial charge >= 0.3 is 5.97 Å². The molecular formula is C23H48N2O2. The van der Waals surface area contributed by atoms with Crippen molar-refractivity contribution in [2.45, 2.75) is 93.9 Å². The fourth-order valence-corrected chi connectivity index (χ4v) is 3.71. The molecule has 3 N–H and O–H groups in total. The van der Waals surface area contributed by atoms with Crippen LogP contribution in [0.15, 0.2) is 0 Å². The van der Waals surface area contributed by atoms with E-state index < -0.39 is 5.41 Å². The first-order chi connectivity index (χ1) is 12.5. The van der Waals surface area contributed by atoms with Crippen LogP contribution in [0, 0.1) is 22.2 Å². The van der Waals surface area contributed by atoms with Gasteiger partial charge in [-0.15, -0.1) is 0 Å². The maximum atomic E-state index is 13.2. The predicted octanol–water partition coefficient (Wildman–Crippen LogP) is 5.15. The first kappa shape index (κ1) is 26.4. The molecule has 162 valence electrons. The lowest BCUT2D eigenvalue weighted by Gasteiger charge is -2.47. The molecule has 0 saturated carbocycles. The van der Waals surface area contributed by atoms with Gasteiger partial charge in [0.15, 0.2) is 0 Å². The van der Waals surface area contributed by atoms with Crippen molar-refractivity contribution in [2.75, 3.05) is 26.2 Å². The molecule has 0 spiro atoms. The third-order valence-electron chi connectivity index (χ3n) is 7.01. The van der Waals surface area contributed by atoms with Crippen molar-refractivity contribution in [3.8, 4) is 0 Å². The first-order valence-electron chi connectivity index (χ1n) is 11.1.